The van der Waals surface area contributed by atoms with Gasteiger partial charge in [-0.3, -0.25) is 0 Å². The van der Waals surface area contributed by atoms with Crippen molar-refractivity contribution in [3.05, 3.63) is 0 Å². The van der Waals surface area contributed by atoms with Crippen LogP contribution in [0.4, 0.5) is 0 Å². The maximum atomic E-state index is 9.62. The van der Waals surface area contributed by atoms with E-state index in [9.17, 15) is 9.90 Å². The van der Waals surface area contributed by atoms with Gasteiger partial charge < -0.3 is 5.73 Å². The second kappa shape index (κ2) is 2.58. The summed E-state index contributed by atoms with van der Waals surface area (Å²) in [4.78, 5) is 9.62. The van der Waals surface area contributed by atoms with Crippen molar-refractivity contribution in [2.24, 2.45) is 5.73 Å². The molecule has 0 rings (SSSR count). The normalized spacial score (nSPS) is 13.4. The lowest BCUT2D eigenvalue weighted by atomic mass is 10.3. The SMILES string of the molecule is CC(N)CC([O])=O. The first kappa shape index (κ1) is 6.43. The molecule has 7 heavy (non-hydrogen) atoms. The molecular formula is C4H8NO2. The summed E-state index contributed by atoms with van der Waals surface area (Å²) in [5.74, 6) is -1.09. The van der Waals surface area contributed by atoms with E-state index in [1.165, 1.54) is 0 Å². The highest BCUT2D eigenvalue weighted by molar-refractivity contribution is 5.66. The molecule has 0 amide bonds. The lowest BCUT2D eigenvalue weighted by Crippen LogP contribution is -2.18. The van der Waals surface area contributed by atoms with Gasteiger partial charge in [0.1, 0.15) is 0 Å². The Morgan fingerprint density at radius 3 is 2.29 bits per heavy atom. The summed E-state index contributed by atoms with van der Waals surface area (Å²) in [5.41, 5.74) is 5.07. The molecular weight excluding hydrogens is 94.0 g/mol. The Bertz CT molecular complexity index is 70.1. The van der Waals surface area contributed by atoms with E-state index in [-0.39, 0.29) is 12.5 Å². The van der Waals surface area contributed by atoms with Gasteiger partial charge in [-0.05, 0) is 6.92 Å². The van der Waals surface area contributed by atoms with Crippen molar-refractivity contribution in [1.29, 1.82) is 0 Å². The van der Waals surface area contributed by atoms with E-state index >= 15 is 0 Å². The molecule has 0 aliphatic rings. The number of carbonyl (C=O) groups excluding carboxylic acids is 1. The molecule has 0 fully saturated rings. The molecule has 3 heteroatoms. The van der Waals surface area contributed by atoms with Gasteiger partial charge in [0, 0.05) is 6.04 Å². The minimum atomic E-state index is -1.09. The number of nitrogens with two attached hydrogens (primary N) is 1. The van der Waals surface area contributed by atoms with Crippen LogP contribution in [-0.2, 0) is 9.90 Å². The molecule has 0 heterocycles. The highest BCUT2D eigenvalue weighted by atomic mass is 16.4. The Kier molecular flexibility index (Phi) is 2.37. The standard InChI is InChI=1S/C4H8NO2/c1-3(5)2-4(6)7/h3H,2,5H2,1H3. The van der Waals surface area contributed by atoms with Gasteiger partial charge in [-0.1, -0.05) is 0 Å². The van der Waals surface area contributed by atoms with Crippen molar-refractivity contribution < 1.29 is 9.90 Å². The fraction of sp³-hybridized carbons (Fsp3) is 0.750. The quantitative estimate of drug-likeness (QED) is 0.519. The topological polar surface area (TPSA) is 63.0 Å². The van der Waals surface area contributed by atoms with E-state index in [4.69, 9.17) is 5.73 Å². The lowest BCUT2D eigenvalue weighted by molar-refractivity contribution is -0.143. The largest absolute Gasteiger partial charge is 0.357 e. The van der Waals surface area contributed by atoms with Crippen LogP contribution in [-0.4, -0.2) is 12.0 Å². The second-order valence-electron chi connectivity index (χ2n) is 1.55. The van der Waals surface area contributed by atoms with Gasteiger partial charge in [0.15, 0.2) is 0 Å². The van der Waals surface area contributed by atoms with Crippen LogP contribution >= 0.6 is 0 Å². The lowest BCUT2D eigenvalue weighted by Gasteiger charge is -1.93. The van der Waals surface area contributed by atoms with Crippen molar-refractivity contribution in [3.8, 4) is 0 Å². The van der Waals surface area contributed by atoms with Crippen LogP contribution < -0.4 is 5.73 Å². The van der Waals surface area contributed by atoms with E-state index in [0.29, 0.717) is 0 Å². The molecule has 0 aromatic rings. The Labute approximate surface area is 42.1 Å². The maximum absolute atomic E-state index is 9.62. The summed E-state index contributed by atoms with van der Waals surface area (Å²) in [6.45, 7) is 1.62. The summed E-state index contributed by atoms with van der Waals surface area (Å²) in [6, 6.07) is -0.287. The predicted molar refractivity (Wildman–Crippen MR) is 24.0 cm³/mol. The number of hydrogen-bond donors (Lipinski definition) is 1. The highest BCUT2D eigenvalue weighted by Gasteiger charge is 2.01. The number of carbonyl (C=O) groups is 1. The van der Waals surface area contributed by atoms with E-state index in [0.717, 1.165) is 0 Å². The minimum absolute atomic E-state index is 0.0556. The molecule has 0 spiro atoms. The monoisotopic (exact) mass is 102 g/mol. The average molecular weight is 102 g/mol. The molecule has 0 saturated heterocycles. The van der Waals surface area contributed by atoms with Gasteiger partial charge >= 0.3 is 5.97 Å². The van der Waals surface area contributed by atoms with Crippen molar-refractivity contribution in [1.82, 2.24) is 0 Å². The first-order valence-corrected chi connectivity index (χ1v) is 2.08. The molecule has 0 aliphatic carbocycles. The molecule has 1 unspecified atom stereocenters. The van der Waals surface area contributed by atoms with Gasteiger partial charge in [-0.15, -0.1) is 0 Å². The van der Waals surface area contributed by atoms with E-state index in [1.54, 1.807) is 6.92 Å². The van der Waals surface area contributed by atoms with E-state index < -0.39 is 5.97 Å². The summed E-state index contributed by atoms with van der Waals surface area (Å²) in [6.07, 6.45) is -0.0556. The molecule has 2 N–H and O–H groups in total. The Morgan fingerprint density at radius 1 is 1.86 bits per heavy atom. The van der Waals surface area contributed by atoms with Crippen LogP contribution in [0.15, 0.2) is 0 Å². The van der Waals surface area contributed by atoms with Crippen molar-refractivity contribution in [2.75, 3.05) is 0 Å². The summed E-state index contributed by atoms with van der Waals surface area (Å²) < 4.78 is 0. The van der Waals surface area contributed by atoms with Gasteiger partial charge in [0.25, 0.3) is 0 Å². The zero-order valence-electron chi connectivity index (χ0n) is 4.18. The molecule has 0 aromatic carbocycles. The van der Waals surface area contributed by atoms with Crippen LogP contribution in [0.2, 0.25) is 0 Å². The zero-order chi connectivity index (χ0) is 5.86. The van der Waals surface area contributed by atoms with Gasteiger partial charge in [-0.25, -0.2) is 9.90 Å². The first-order valence-electron chi connectivity index (χ1n) is 2.08. The molecule has 0 saturated carbocycles. The Hall–Kier alpha value is -0.570. The van der Waals surface area contributed by atoms with Crippen LogP contribution in [0.5, 0.6) is 0 Å². The van der Waals surface area contributed by atoms with Gasteiger partial charge in [0.2, 0.25) is 0 Å². The van der Waals surface area contributed by atoms with Crippen molar-refractivity contribution in [2.45, 2.75) is 19.4 Å². The van der Waals surface area contributed by atoms with Gasteiger partial charge in [-0.2, -0.15) is 0 Å². The van der Waals surface area contributed by atoms with Crippen molar-refractivity contribution in [3.63, 3.8) is 0 Å². The Morgan fingerprint density at radius 2 is 2.29 bits per heavy atom. The Balaban J connectivity index is 3.13. The number of hydrogen-bond acceptors (Lipinski definition) is 2. The van der Waals surface area contributed by atoms with E-state index in [2.05, 4.69) is 0 Å². The summed E-state index contributed by atoms with van der Waals surface area (Å²) >= 11 is 0. The van der Waals surface area contributed by atoms with Crippen molar-refractivity contribution >= 4 is 5.97 Å². The molecule has 0 aromatic heterocycles. The van der Waals surface area contributed by atoms with Crippen LogP contribution in [0, 0.1) is 0 Å². The first-order chi connectivity index (χ1) is 3.13. The number of rotatable bonds is 2. The fourth-order valence-corrected chi connectivity index (χ4v) is 0.263. The molecule has 0 aliphatic heterocycles. The van der Waals surface area contributed by atoms with Crippen LogP contribution in [0.3, 0.4) is 0 Å². The molecule has 0 bridgehead atoms. The molecule has 3 nitrogen and oxygen atoms in total. The van der Waals surface area contributed by atoms with Gasteiger partial charge in [0.05, 0.1) is 6.42 Å². The highest BCUT2D eigenvalue weighted by Crippen LogP contribution is 1.82. The second-order valence-corrected chi connectivity index (χ2v) is 1.55. The fourth-order valence-electron chi connectivity index (χ4n) is 0.263. The molecule has 41 valence electrons. The third kappa shape index (κ3) is 5.43. The maximum Gasteiger partial charge on any atom is 0.357 e. The minimum Gasteiger partial charge on any atom is -0.327 e. The predicted octanol–water partition coefficient (Wildman–Crippen LogP) is -0.319. The van der Waals surface area contributed by atoms with Crippen LogP contribution in [0.25, 0.3) is 0 Å². The van der Waals surface area contributed by atoms with E-state index in [1.807, 2.05) is 0 Å². The third-order valence-corrected chi connectivity index (χ3v) is 0.489. The molecule has 1 radical (unpaired) electrons. The summed E-state index contributed by atoms with van der Waals surface area (Å²) in [5, 5.41) is 9.62. The molecule has 1 atom stereocenters. The smallest absolute Gasteiger partial charge is 0.327 e. The van der Waals surface area contributed by atoms with Crippen LogP contribution in [0.1, 0.15) is 13.3 Å². The third-order valence-electron chi connectivity index (χ3n) is 0.489. The summed E-state index contributed by atoms with van der Waals surface area (Å²) in [7, 11) is 0. The average Bonchev–Trinajstić information content (AvgIpc) is 1.27. The zero-order valence-corrected chi connectivity index (χ0v) is 4.18.